The summed E-state index contributed by atoms with van der Waals surface area (Å²) in [6, 6.07) is 12.8. The number of nitrogens with one attached hydrogen (secondary N) is 1. The Morgan fingerprint density at radius 2 is 2.24 bits per heavy atom. The average molecular weight is 281 g/mol. The van der Waals surface area contributed by atoms with Gasteiger partial charge in [-0.25, -0.2) is 4.98 Å². The second-order valence-corrected chi connectivity index (χ2v) is 4.46. The molecule has 0 radical (unpaired) electrons. The van der Waals surface area contributed by atoms with Crippen LogP contribution in [0.1, 0.15) is 21.6 Å². The number of amides is 1. The molecule has 0 saturated heterocycles. The predicted molar refractivity (Wildman–Crippen MR) is 78.0 cm³/mol. The largest absolute Gasteiger partial charge is 0.492 e. The first-order chi connectivity index (χ1) is 10.2. The molecule has 1 N–H and O–H groups in total. The van der Waals surface area contributed by atoms with Gasteiger partial charge >= 0.3 is 0 Å². The fraction of sp³-hybridized carbons (Fsp3) is 0.188. The van der Waals surface area contributed by atoms with Gasteiger partial charge in [0.25, 0.3) is 5.91 Å². The smallest absolute Gasteiger partial charge is 0.269 e. The van der Waals surface area contributed by atoms with Crippen LogP contribution in [0.2, 0.25) is 0 Å². The number of pyridine rings is 1. The molecule has 0 aliphatic rings. The molecule has 2 aromatic rings. The van der Waals surface area contributed by atoms with Crippen molar-refractivity contribution < 1.29 is 9.53 Å². The number of nitriles is 1. The van der Waals surface area contributed by atoms with E-state index in [0.29, 0.717) is 18.7 Å². The van der Waals surface area contributed by atoms with Crippen molar-refractivity contribution in [1.82, 2.24) is 10.3 Å². The zero-order valence-electron chi connectivity index (χ0n) is 11.7. The van der Waals surface area contributed by atoms with Crippen molar-refractivity contribution in [1.29, 1.82) is 5.26 Å². The molecule has 5 nitrogen and oxygen atoms in total. The van der Waals surface area contributed by atoms with Gasteiger partial charge in [-0.05, 0) is 36.8 Å². The number of carbonyl (C=O) groups excluding carboxylic acids is 1. The Hall–Kier alpha value is -2.87. The molecule has 0 atom stereocenters. The first kappa shape index (κ1) is 14.5. The van der Waals surface area contributed by atoms with Crippen LogP contribution < -0.4 is 10.1 Å². The van der Waals surface area contributed by atoms with Gasteiger partial charge in [0.1, 0.15) is 24.1 Å². The Bertz CT molecular complexity index is 660. The molecule has 1 aromatic heterocycles. The van der Waals surface area contributed by atoms with Gasteiger partial charge in [-0.1, -0.05) is 12.1 Å². The summed E-state index contributed by atoms with van der Waals surface area (Å²) in [4.78, 5) is 15.7. The molecule has 1 aromatic carbocycles. The van der Waals surface area contributed by atoms with Crippen molar-refractivity contribution in [3.63, 3.8) is 0 Å². The molecule has 0 aliphatic carbocycles. The molecule has 0 unspecified atom stereocenters. The number of hydrogen-bond acceptors (Lipinski definition) is 4. The second-order valence-electron chi connectivity index (χ2n) is 4.46. The number of nitrogens with zero attached hydrogens (tertiary/aromatic N) is 2. The summed E-state index contributed by atoms with van der Waals surface area (Å²) in [5, 5.41) is 11.4. The number of aryl methyl sites for hydroxylation is 1. The molecule has 106 valence electrons. The van der Waals surface area contributed by atoms with Gasteiger partial charge in [0.05, 0.1) is 12.1 Å². The second kappa shape index (κ2) is 7.06. The minimum Gasteiger partial charge on any atom is -0.492 e. The lowest BCUT2D eigenvalue weighted by atomic mass is 10.2. The maximum absolute atomic E-state index is 11.8. The topological polar surface area (TPSA) is 75.0 Å². The van der Waals surface area contributed by atoms with E-state index in [1.54, 1.807) is 6.07 Å². The standard InChI is InChI=1S/C16H15N3O2/c1-12-3-2-4-14(9-12)21-8-7-18-16(20)15-6-5-13(10-17)11-19-15/h2-6,9,11H,7-8H2,1H3,(H,18,20). The van der Waals surface area contributed by atoms with E-state index >= 15 is 0 Å². The third-order valence-electron chi connectivity index (χ3n) is 2.77. The lowest BCUT2D eigenvalue weighted by molar-refractivity contribution is 0.0942. The minimum atomic E-state index is -0.285. The number of ether oxygens (including phenoxy) is 1. The van der Waals surface area contributed by atoms with Crippen molar-refractivity contribution in [3.05, 3.63) is 59.4 Å². The van der Waals surface area contributed by atoms with Crippen LogP contribution in [0.3, 0.4) is 0 Å². The summed E-state index contributed by atoms with van der Waals surface area (Å²) in [7, 11) is 0. The number of carbonyl (C=O) groups is 1. The lowest BCUT2D eigenvalue weighted by Crippen LogP contribution is -2.28. The quantitative estimate of drug-likeness (QED) is 0.851. The van der Waals surface area contributed by atoms with Crippen LogP contribution in [0.4, 0.5) is 0 Å². The molecular formula is C16H15N3O2. The van der Waals surface area contributed by atoms with Crippen LogP contribution in [0.15, 0.2) is 42.6 Å². The summed E-state index contributed by atoms with van der Waals surface area (Å²) in [5.74, 6) is 0.494. The van der Waals surface area contributed by atoms with E-state index < -0.39 is 0 Å². The van der Waals surface area contributed by atoms with E-state index in [-0.39, 0.29) is 11.6 Å². The highest BCUT2D eigenvalue weighted by Crippen LogP contribution is 2.11. The number of aromatic nitrogens is 1. The molecule has 0 spiro atoms. The SMILES string of the molecule is Cc1cccc(OCCNC(=O)c2ccc(C#N)cn2)c1. The maximum atomic E-state index is 11.8. The molecule has 21 heavy (non-hydrogen) atoms. The van der Waals surface area contributed by atoms with Gasteiger partial charge in [0, 0.05) is 6.20 Å². The van der Waals surface area contributed by atoms with Crippen molar-refractivity contribution in [3.8, 4) is 11.8 Å². The molecule has 0 aliphatic heterocycles. The summed E-state index contributed by atoms with van der Waals surface area (Å²) in [6.07, 6.45) is 1.37. The summed E-state index contributed by atoms with van der Waals surface area (Å²) >= 11 is 0. The van der Waals surface area contributed by atoms with E-state index in [4.69, 9.17) is 10.00 Å². The Morgan fingerprint density at radius 3 is 2.90 bits per heavy atom. The molecule has 1 heterocycles. The zero-order valence-corrected chi connectivity index (χ0v) is 11.7. The van der Waals surface area contributed by atoms with Gasteiger partial charge < -0.3 is 10.1 Å². The first-order valence-electron chi connectivity index (χ1n) is 6.53. The van der Waals surface area contributed by atoms with E-state index in [2.05, 4.69) is 10.3 Å². The van der Waals surface area contributed by atoms with Crippen LogP contribution in [-0.4, -0.2) is 24.0 Å². The minimum absolute atomic E-state index is 0.282. The van der Waals surface area contributed by atoms with Crippen molar-refractivity contribution in [2.45, 2.75) is 6.92 Å². The monoisotopic (exact) mass is 281 g/mol. The van der Waals surface area contributed by atoms with Crippen molar-refractivity contribution >= 4 is 5.91 Å². The molecule has 0 fully saturated rings. The normalized spacial score (nSPS) is 9.71. The molecule has 0 bridgehead atoms. The van der Waals surface area contributed by atoms with E-state index in [9.17, 15) is 4.79 Å². The van der Waals surface area contributed by atoms with Crippen LogP contribution in [-0.2, 0) is 0 Å². The first-order valence-corrected chi connectivity index (χ1v) is 6.53. The third kappa shape index (κ3) is 4.32. The van der Waals surface area contributed by atoms with Gasteiger partial charge in [0.15, 0.2) is 0 Å². The highest BCUT2D eigenvalue weighted by Gasteiger charge is 2.06. The zero-order chi connectivity index (χ0) is 15.1. The number of benzene rings is 1. The van der Waals surface area contributed by atoms with Crippen LogP contribution in [0, 0.1) is 18.3 Å². The molecule has 5 heteroatoms. The molecule has 2 rings (SSSR count). The highest BCUT2D eigenvalue weighted by molar-refractivity contribution is 5.92. The van der Waals surface area contributed by atoms with Crippen LogP contribution in [0.25, 0.3) is 0 Å². The fourth-order valence-corrected chi connectivity index (χ4v) is 1.72. The summed E-state index contributed by atoms with van der Waals surface area (Å²) in [6.45, 7) is 2.76. The fourth-order valence-electron chi connectivity index (χ4n) is 1.72. The Kier molecular flexibility index (Phi) is 4.89. The number of rotatable bonds is 5. The van der Waals surface area contributed by atoms with Gasteiger partial charge in [-0.2, -0.15) is 5.26 Å². The third-order valence-corrected chi connectivity index (χ3v) is 2.77. The van der Waals surface area contributed by atoms with E-state index in [1.165, 1.54) is 12.3 Å². The number of hydrogen-bond donors (Lipinski definition) is 1. The van der Waals surface area contributed by atoms with Crippen molar-refractivity contribution in [2.75, 3.05) is 13.2 Å². The lowest BCUT2D eigenvalue weighted by Gasteiger charge is -2.08. The van der Waals surface area contributed by atoms with Gasteiger partial charge in [-0.3, -0.25) is 4.79 Å². The predicted octanol–water partition coefficient (Wildman–Crippen LogP) is 2.07. The average Bonchev–Trinajstić information content (AvgIpc) is 2.51. The molecule has 0 saturated carbocycles. The van der Waals surface area contributed by atoms with Gasteiger partial charge in [-0.15, -0.1) is 0 Å². The van der Waals surface area contributed by atoms with E-state index in [1.807, 2.05) is 37.3 Å². The van der Waals surface area contributed by atoms with Gasteiger partial charge in [0.2, 0.25) is 0 Å². The Labute approximate surface area is 123 Å². The highest BCUT2D eigenvalue weighted by atomic mass is 16.5. The Morgan fingerprint density at radius 1 is 1.38 bits per heavy atom. The Balaban J connectivity index is 1.77. The summed E-state index contributed by atoms with van der Waals surface area (Å²) < 4.78 is 5.53. The summed E-state index contributed by atoms with van der Waals surface area (Å²) in [5.41, 5.74) is 1.83. The molecule has 1 amide bonds. The van der Waals surface area contributed by atoms with Crippen molar-refractivity contribution in [2.24, 2.45) is 0 Å². The maximum Gasteiger partial charge on any atom is 0.269 e. The molecular weight excluding hydrogens is 266 g/mol. The van der Waals surface area contributed by atoms with Crippen LogP contribution in [0.5, 0.6) is 5.75 Å². The van der Waals surface area contributed by atoms with Crippen LogP contribution >= 0.6 is 0 Å². The van der Waals surface area contributed by atoms with E-state index in [0.717, 1.165) is 11.3 Å².